The fraction of sp³-hybridized carbons (Fsp3) is 0.750. The van der Waals surface area contributed by atoms with E-state index in [0.717, 1.165) is 0 Å². The third-order valence-corrected chi connectivity index (χ3v) is 1.94. The fourth-order valence-corrected chi connectivity index (χ4v) is 1.19. The Morgan fingerprint density at radius 3 is 1.80 bits per heavy atom. The van der Waals surface area contributed by atoms with Gasteiger partial charge in [-0.2, -0.15) is 12.6 Å². The Bertz CT molecular complexity index is 358. The van der Waals surface area contributed by atoms with Crippen molar-refractivity contribution in [3.63, 3.8) is 0 Å². The molecule has 0 aliphatic rings. The summed E-state index contributed by atoms with van der Waals surface area (Å²) in [6.45, 7) is 3.50. The third kappa shape index (κ3) is 36.5. The van der Waals surface area contributed by atoms with Gasteiger partial charge >= 0.3 is 59.1 Å². The second-order valence-electron chi connectivity index (χ2n) is 3.26. The van der Waals surface area contributed by atoms with Crippen LogP contribution in [0.25, 0.3) is 0 Å². The predicted molar refractivity (Wildman–Crippen MR) is 65.2 cm³/mol. The van der Waals surface area contributed by atoms with Gasteiger partial charge in [0.25, 0.3) is 0 Å². The number of hydrogen-bond acceptors (Lipinski definition) is 7. The Balaban J connectivity index is -0.000000158. The van der Waals surface area contributed by atoms with E-state index in [2.05, 4.69) is 23.3 Å². The van der Waals surface area contributed by atoms with E-state index in [4.69, 9.17) is 17.5 Å². The zero-order chi connectivity index (χ0) is 14.8. The molecule has 0 aromatic rings. The molecule has 2 N–H and O–H groups in total. The zero-order valence-electron chi connectivity index (χ0n) is 12.0. The molecule has 0 fully saturated rings. The monoisotopic (exact) mass is 346 g/mol. The molecule has 0 bridgehead atoms. The quantitative estimate of drug-likeness (QED) is 0.196. The molecule has 108 valence electrons. The van der Waals surface area contributed by atoms with Crippen molar-refractivity contribution in [2.45, 2.75) is 26.3 Å². The van der Waals surface area contributed by atoms with Crippen LogP contribution in [-0.2, 0) is 20.0 Å². The minimum Gasteiger partial charge on any atom is -0.759 e. The number of carbonyl (C=O) groups is 2. The van der Waals surface area contributed by atoms with Crippen LogP contribution in [0.1, 0.15) is 20.3 Å². The molecule has 0 aromatic carbocycles. The molecule has 20 heavy (non-hydrogen) atoms. The predicted octanol–water partition coefficient (Wildman–Crippen LogP) is -7.38. The molecule has 0 aliphatic carbocycles. The largest absolute Gasteiger partial charge is 1.00 e. The third-order valence-electron chi connectivity index (χ3n) is 1.49. The summed E-state index contributed by atoms with van der Waals surface area (Å²) >= 11 is 4.09. The number of carbonyl (C=O) groups excluding carboxylic acids is 2. The van der Waals surface area contributed by atoms with Crippen molar-refractivity contribution in [1.82, 2.24) is 10.6 Å². The molecule has 0 rings (SSSR count). The first kappa shape index (κ1) is 29.2. The summed E-state index contributed by atoms with van der Waals surface area (Å²) in [5, 5.41) is 5.40. The second kappa shape index (κ2) is 16.5. The standard InChI is InChI=1S/C8H16N2O2S.2Na.H2O4S/c1-6(11)9-4-3-8(5-13)10-7(2)12;;;1-5(2,3)4/h8,13H,3-5H2,1-2H3,(H,9,11)(H,10,12);;;(H2,1,2,3,4)/q;2*+1;/p-2. The van der Waals surface area contributed by atoms with Gasteiger partial charge < -0.3 is 19.7 Å². The second-order valence-corrected chi connectivity index (χ2v) is 4.44. The van der Waals surface area contributed by atoms with Gasteiger partial charge in [0.05, 0.1) is 0 Å². The maximum absolute atomic E-state index is 10.7. The molecule has 8 nitrogen and oxygen atoms in total. The summed E-state index contributed by atoms with van der Waals surface area (Å²) in [4.78, 5) is 21.2. The molecule has 0 saturated heterocycles. The molecule has 2 amide bonds. The summed E-state index contributed by atoms with van der Waals surface area (Å²) < 4.78 is 34.1. The van der Waals surface area contributed by atoms with Crippen molar-refractivity contribution in [3.05, 3.63) is 0 Å². The topological polar surface area (TPSA) is 138 Å². The van der Waals surface area contributed by atoms with Crippen molar-refractivity contribution in [3.8, 4) is 0 Å². The van der Waals surface area contributed by atoms with Crippen LogP contribution in [0.2, 0.25) is 0 Å². The van der Waals surface area contributed by atoms with E-state index in [1.54, 1.807) is 0 Å². The molecular weight excluding hydrogens is 330 g/mol. The van der Waals surface area contributed by atoms with Gasteiger partial charge in [-0.25, -0.2) is 0 Å². The van der Waals surface area contributed by atoms with Crippen molar-refractivity contribution in [2.75, 3.05) is 12.3 Å². The van der Waals surface area contributed by atoms with Crippen LogP contribution in [0.3, 0.4) is 0 Å². The summed E-state index contributed by atoms with van der Waals surface area (Å²) in [6, 6.07) is 0.0349. The van der Waals surface area contributed by atoms with Gasteiger partial charge in [-0.3, -0.25) is 18.0 Å². The van der Waals surface area contributed by atoms with E-state index in [1.807, 2.05) is 0 Å². The van der Waals surface area contributed by atoms with Crippen molar-refractivity contribution < 1.29 is 86.2 Å². The van der Waals surface area contributed by atoms with E-state index in [0.29, 0.717) is 18.7 Å². The van der Waals surface area contributed by atoms with E-state index in [9.17, 15) is 9.59 Å². The Hall–Kier alpha value is 1.16. The molecule has 0 radical (unpaired) electrons. The first-order chi connectivity index (χ1) is 8.06. The van der Waals surface area contributed by atoms with Crippen LogP contribution in [0.5, 0.6) is 0 Å². The first-order valence-corrected chi connectivity index (χ1v) is 6.82. The summed E-state index contributed by atoms with van der Waals surface area (Å²) in [7, 11) is -5.17. The average molecular weight is 346 g/mol. The zero-order valence-corrected chi connectivity index (χ0v) is 17.7. The van der Waals surface area contributed by atoms with E-state index >= 15 is 0 Å². The van der Waals surface area contributed by atoms with Gasteiger partial charge in [0.1, 0.15) is 0 Å². The normalized spacial score (nSPS) is 10.7. The summed E-state index contributed by atoms with van der Waals surface area (Å²) in [6.07, 6.45) is 0.711. The minimum absolute atomic E-state index is 0. The summed E-state index contributed by atoms with van der Waals surface area (Å²) in [5.41, 5.74) is 0. The van der Waals surface area contributed by atoms with Crippen molar-refractivity contribution >= 4 is 34.8 Å². The smallest absolute Gasteiger partial charge is 0.759 e. The molecule has 1 atom stereocenters. The number of rotatable bonds is 5. The minimum atomic E-state index is -5.17. The van der Waals surface area contributed by atoms with Gasteiger partial charge in [-0.15, -0.1) is 0 Å². The first-order valence-electron chi connectivity index (χ1n) is 4.85. The Morgan fingerprint density at radius 2 is 1.55 bits per heavy atom. The molecule has 0 heterocycles. The number of amides is 2. The van der Waals surface area contributed by atoms with E-state index in [-0.39, 0.29) is 77.0 Å². The van der Waals surface area contributed by atoms with Crippen molar-refractivity contribution in [2.24, 2.45) is 0 Å². The van der Waals surface area contributed by atoms with Crippen LogP contribution in [-0.4, -0.2) is 47.7 Å². The van der Waals surface area contributed by atoms with Crippen LogP contribution < -0.4 is 69.7 Å². The molecule has 0 saturated carbocycles. The van der Waals surface area contributed by atoms with Gasteiger partial charge in [0, 0.05) is 42.6 Å². The van der Waals surface area contributed by atoms with Crippen LogP contribution in [0, 0.1) is 0 Å². The number of hydrogen-bond donors (Lipinski definition) is 3. The Labute approximate surface area is 168 Å². The Morgan fingerprint density at radius 1 is 1.15 bits per heavy atom. The van der Waals surface area contributed by atoms with Gasteiger partial charge in [-0.05, 0) is 6.42 Å². The number of thiol groups is 1. The molecule has 0 aromatic heterocycles. The molecule has 1 unspecified atom stereocenters. The van der Waals surface area contributed by atoms with Gasteiger partial charge in [0.15, 0.2) is 0 Å². The molecule has 12 heteroatoms. The Kier molecular flexibility index (Phi) is 24.1. The molecular formula is C8H16N2Na2O6S2. The SMILES string of the molecule is CC(=O)NCCC(CS)NC(C)=O.O=S(=O)([O-])[O-].[Na+].[Na+]. The van der Waals surface area contributed by atoms with Crippen LogP contribution in [0.15, 0.2) is 0 Å². The average Bonchev–Trinajstić information content (AvgIpc) is 2.12. The fourth-order valence-electron chi connectivity index (χ4n) is 0.919. The van der Waals surface area contributed by atoms with Gasteiger partial charge in [0.2, 0.25) is 11.8 Å². The van der Waals surface area contributed by atoms with E-state index < -0.39 is 10.4 Å². The van der Waals surface area contributed by atoms with Gasteiger partial charge in [-0.1, -0.05) is 0 Å². The van der Waals surface area contributed by atoms with Crippen LogP contribution in [0.4, 0.5) is 0 Å². The number of nitrogens with one attached hydrogen (secondary N) is 2. The summed E-state index contributed by atoms with van der Waals surface area (Å²) in [5.74, 6) is 0.460. The molecule has 0 spiro atoms. The van der Waals surface area contributed by atoms with Crippen LogP contribution >= 0.6 is 12.6 Å². The maximum Gasteiger partial charge on any atom is 1.00 e. The molecule has 0 aliphatic heterocycles. The van der Waals surface area contributed by atoms with E-state index in [1.165, 1.54) is 13.8 Å². The van der Waals surface area contributed by atoms with Crippen molar-refractivity contribution in [1.29, 1.82) is 0 Å². The maximum atomic E-state index is 10.7.